The van der Waals surface area contributed by atoms with Gasteiger partial charge in [0, 0.05) is 12.1 Å². The van der Waals surface area contributed by atoms with Crippen molar-refractivity contribution >= 4 is 67.6 Å². The van der Waals surface area contributed by atoms with E-state index < -0.39 is 4.92 Å². The molecule has 0 aliphatic carbocycles. The van der Waals surface area contributed by atoms with Gasteiger partial charge in [-0.1, -0.05) is 43.9 Å². The Labute approximate surface area is 186 Å². The summed E-state index contributed by atoms with van der Waals surface area (Å²) in [7, 11) is 0. The van der Waals surface area contributed by atoms with E-state index in [-0.39, 0.29) is 11.6 Å². The van der Waals surface area contributed by atoms with Gasteiger partial charge in [0.05, 0.1) is 26.6 Å². The summed E-state index contributed by atoms with van der Waals surface area (Å²) in [6.07, 6.45) is 1.77. The maximum atomic E-state index is 12.8. The fourth-order valence-electron chi connectivity index (χ4n) is 2.55. The van der Waals surface area contributed by atoms with Crippen LogP contribution < -0.4 is 9.64 Å². The molecule has 1 aliphatic rings. The molecule has 0 unspecified atom stereocenters. The summed E-state index contributed by atoms with van der Waals surface area (Å²) in [5.41, 5.74) is 1.29. The summed E-state index contributed by atoms with van der Waals surface area (Å²) in [5, 5.41) is 10.8. The number of nitrogens with zero attached hydrogens (tertiary/aromatic N) is 2. The number of hydrogen-bond acceptors (Lipinski definition) is 6. The van der Waals surface area contributed by atoms with E-state index >= 15 is 0 Å². The Balaban J connectivity index is 1.80. The number of carbonyl (C=O) groups excluding carboxylic acids is 1. The van der Waals surface area contributed by atoms with Gasteiger partial charge in [-0.25, -0.2) is 0 Å². The number of ether oxygens (including phenoxy) is 1. The SMILES string of the molecule is CC(C)COc1ccc(/C=C2\SC(=S)N(c3ccc([N+](=O)[O-])cc3)C2=O)cc1Br. The first-order chi connectivity index (χ1) is 13.8. The minimum atomic E-state index is -0.486. The molecule has 0 atom stereocenters. The molecule has 6 nitrogen and oxygen atoms in total. The second-order valence-electron chi connectivity index (χ2n) is 6.69. The Bertz CT molecular complexity index is 1010. The maximum absolute atomic E-state index is 12.8. The lowest BCUT2D eigenvalue weighted by molar-refractivity contribution is -0.384. The van der Waals surface area contributed by atoms with Crippen LogP contribution in [0.2, 0.25) is 0 Å². The van der Waals surface area contributed by atoms with Crippen molar-refractivity contribution in [2.24, 2.45) is 5.92 Å². The molecule has 0 spiro atoms. The number of amides is 1. The minimum Gasteiger partial charge on any atom is -0.492 e. The van der Waals surface area contributed by atoms with Gasteiger partial charge in [-0.2, -0.15) is 0 Å². The van der Waals surface area contributed by atoms with Gasteiger partial charge in [0.15, 0.2) is 4.32 Å². The zero-order valence-electron chi connectivity index (χ0n) is 15.6. The van der Waals surface area contributed by atoms with Gasteiger partial charge in [0.2, 0.25) is 0 Å². The second kappa shape index (κ2) is 9.06. The number of carbonyl (C=O) groups is 1. The molecule has 0 N–H and O–H groups in total. The summed E-state index contributed by atoms with van der Waals surface area (Å²) in [5.74, 6) is 0.905. The van der Waals surface area contributed by atoms with E-state index in [0.29, 0.717) is 27.4 Å². The summed E-state index contributed by atoms with van der Waals surface area (Å²) < 4.78 is 6.93. The van der Waals surface area contributed by atoms with Crippen LogP contribution in [0.15, 0.2) is 51.8 Å². The van der Waals surface area contributed by atoms with E-state index in [9.17, 15) is 14.9 Å². The molecular formula is C20H17BrN2O4S2. The number of benzene rings is 2. The topological polar surface area (TPSA) is 72.7 Å². The number of nitro groups is 1. The van der Waals surface area contributed by atoms with Crippen molar-refractivity contribution in [2.75, 3.05) is 11.5 Å². The summed E-state index contributed by atoms with van der Waals surface area (Å²) in [4.78, 5) is 25.0. The predicted molar refractivity (Wildman–Crippen MR) is 123 cm³/mol. The van der Waals surface area contributed by atoms with Crippen molar-refractivity contribution in [1.29, 1.82) is 0 Å². The first-order valence-corrected chi connectivity index (χ1v) is 10.7. The molecule has 150 valence electrons. The molecule has 1 aliphatic heterocycles. The quantitative estimate of drug-likeness (QED) is 0.219. The van der Waals surface area contributed by atoms with Crippen molar-refractivity contribution < 1.29 is 14.5 Å². The van der Waals surface area contributed by atoms with Crippen molar-refractivity contribution in [3.63, 3.8) is 0 Å². The smallest absolute Gasteiger partial charge is 0.270 e. The number of halogens is 1. The zero-order valence-corrected chi connectivity index (χ0v) is 18.8. The van der Waals surface area contributed by atoms with Crippen LogP contribution >= 0.6 is 39.9 Å². The third-order valence-corrected chi connectivity index (χ3v) is 5.86. The lowest BCUT2D eigenvalue weighted by atomic mass is 10.2. The van der Waals surface area contributed by atoms with Crippen LogP contribution in [0.4, 0.5) is 11.4 Å². The van der Waals surface area contributed by atoms with Gasteiger partial charge in [-0.15, -0.1) is 0 Å². The van der Waals surface area contributed by atoms with Crippen LogP contribution in [-0.4, -0.2) is 21.8 Å². The average Bonchev–Trinajstić information content (AvgIpc) is 2.94. The Kier molecular flexibility index (Phi) is 6.71. The monoisotopic (exact) mass is 492 g/mol. The number of nitro benzene ring substituents is 1. The molecule has 1 fully saturated rings. The third kappa shape index (κ3) is 5.04. The van der Waals surface area contributed by atoms with E-state index in [1.807, 2.05) is 18.2 Å². The average molecular weight is 493 g/mol. The summed E-state index contributed by atoms with van der Waals surface area (Å²) >= 11 is 10.0. The highest BCUT2D eigenvalue weighted by atomic mass is 79.9. The van der Waals surface area contributed by atoms with Gasteiger partial charge < -0.3 is 4.74 Å². The highest BCUT2D eigenvalue weighted by Gasteiger charge is 2.33. The molecule has 9 heteroatoms. The maximum Gasteiger partial charge on any atom is 0.270 e. The van der Waals surface area contributed by atoms with Crippen LogP contribution in [0.3, 0.4) is 0 Å². The lowest BCUT2D eigenvalue weighted by Crippen LogP contribution is -2.27. The second-order valence-corrected chi connectivity index (χ2v) is 9.22. The standard InChI is InChI=1S/C20H17BrN2O4S2/c1-12(2)11-27-17-8-3-13(9-16(17)21)10-18-19(24)22(20(28)29-18)14-4-6-15(7-5-14)23(25)26/h3-10,12H,11H2,1-2H3/b18-10-. The van der Waals surface area contributed by atoms with Crippen LogP contribution in [0.25, 0.3) is 6.08 Å². The molecule has 29 heavy (non-hydrogen) atoms. The molecule has 2 aromatic rings. The number of hydrogen-bond donors (Lipinski definition) is 0. The van der Waals surface area contributed by atoms with E-state index in [4.69, 9.17) is 17.0 Å². The Morgan fingerprint density at radius 3 is 2.55 bits per heavy atom. The fourth-order valence-corrected chi connectivity index (χ4v) is 4.36. The van der Waals surface area contributed by atoms with Crippen LogP contribution in [-0.2, 0) is 4.79 Å². The fraction of sp³-hybridized carbons (Fsp3) is 0.200. The summed E-state index contributed by atoms with van der Waals surface area (Å²) in [6.45, 7) is 4.77. The van der Waals surface area contributed by atoms with Gasteiger partial charge in [0.1, 0.15) is 5.75 Å². The molecule has 0 saturated carbocycles. The van der Waals surface area contributed by atoms with Crippen molar-refractivity contribution in [2.45, 2.75) is 13.8 Å². The first kappa shape index (κ1) is 21.5. The Hall–Kier alpha value is -2.23. The molecule has 1 saturated heterocycles. The van der Waals surface area contributed by atoms with Crippen LogP contribution in [0.5, 0.6) is 5.75 Å². The van der Waals surface area contributed by atoms with Gasteiger partial charge in [-0.05, 0) is 57.8 Å². The van der Waals surface area contributed by atoms with Gasteiger partial charge in [-0.3, -0.25) is 19.8 Å². The lowest BCUT2D eigenvalue weighted by Gasteiger charge is -2.14. The number of rotatable bonds is 6. The van der Waals surface area contributed by atoms with Crippen LogP contribution in [0.1, 0.15) is 19.4 Å². The van der Waals surface area contributed by atoms with E-state index in [0.717, 1.165) is 15.8 Å². The largest absolute Gasteiger partial charge is 0.492 e. The summed E-state index contributed by atoms with van der Waals surface area (Å²) in [6, 6.07) is 11.4. The molecule has 0 aromatic heterocycles. The highest BCUT2D eigenvalue weighted by Crippen LogP contribution is 2.37. The number of non-ortho nitro benzene ring substituents is 1. The normalized spacial score (nSPS) is 15.4. The first-order valence-electron chi connectivity index (χ1n) is 8.71. The molecule has 1 heterocycles. The molecule has 0 bridgehead atoms. The van der Waals surface area contributed by atoms with E-state index in [1.54, 1.807) is 6.08 Å². The molecule has 2 aromatic carbocycles. The Morgan fingerprint density at radius 2 is 1.97 bits per heavy atom. The number of anilines is 1. The zero-order chi connectivity index (χ0) is 21.1. The molecule has 3 rings (SSSR count). The van der Waals surface area contributed by atoms with Crippen molar-refractivity contribution in [1.82, 2.24) is 0 Å². The number of thioether (sulfide) groups is 1. The van der Waals surface area contributed by atoms with E-state index in [1.165, 1.54) is 40.9 Å². The predicted octanol–water partition coefficient (Wildman–Crippen LogP) is 5.80. The minimum absolute atomic E-state index is 0.0423. The Morgan fingerprint density at radius 1 is 1.28 bits per heavy atom. The molecular weight excluding hydrogens is 476 g/mol. The van der Waals surface area contributed by atoms with Gasteiger partial charge in [0.25, 0.3) is 11.6 Å². The van der Waals surface area contributed by atoms with Gasteiger partial charge >= 0.3 is 0 Å². The molecule has 0 radical (unpaired) electrons. The third-order valence-electron chi connectivity index (χ3n) is 3.94. The molecule has 1 amide bonds. The van der Waals surface area contributed by atoms with Crippen molar-refractivity contribution in [3.8, 4) is 5.75 Å². The highest BCUT2D eigenvalue weighted by molar-refractivity contribution is 9.10. The van der Waals surface area contributed by atoms with E-state index in [2.05, 4.69) is 29.8 Å². The van der Waals surface area contributed by atoms with Crippen LogP contribution in [0, 0.1) is 16.0 Å². The number of thiocarbonyl (C=S) groups is 1. The van der Waals surface area contributed by atoms with Crippen molar-refractivity contribution in [3.05, 3.63) is 67.5 Å².